The van der Waals surface area contributed by atoms with E-state index in [2.05, 4.69) is 5.32 Å². The predicted molar refractivity (Wildman–Crippen MR) is 84.2 cm³/mol. The van der Waals surface area contributed by atoms with E-state index in [1.807, 2.05) is 4.72 Å². The molecule has 23 heavy (non-hydrogen) atoms. The topological polar surface area (TPSA) is 88.4 Å². The number of anilines is 1. The predicted octanol–water partition coefficient (Wildman–Crippen LogP) is 2.15. The van der Waals surface area contributed by atoms with Crippen LogP contribution < -0.4 is 10.0 Å². The Bertz CT molecular complexity index is 788. The third-order valence-electron chi connectivity index (χ3n) is 2.99. The van der Waals surface area contributed by atoms with Gasteiger partial charge in [0.1, 0.15) is 11.6 Å². The van der Waals surface area contributed by atoms with Gasteiger partial charge < -0.3 is 9.73 Å². The second-order valence-electron chi connectivity index (χ2n) is 5.23. The molecule has 0 aliphatic heterocycles. The van der Waals surface area contributed by atoms with Crippen LogP contribution in [0.25, 0.3) is 0 Å². The number of halogens is 1. The molecule has 0 bridgehead atoms. The summed E-state index contributed by atoms with van der Waals surface area (Å²) in [4.78, 5) is 12.2. The third kappa shape index (κ3) is 5.10. The maximum absolute atomic E-state index is 13.6. The Labute approximate surface area is 133 Å². The van der Waals surface area contributed by atoms with Crippen LogP contribution in [0.1, 0.15) is 23.0 Å². The number of benzene rings is 1. The first-order valence-corrected chi connectivity index (χ1v) is 8.74. The summed E-state index contributed by atoms with van der Waals surface area (Å²) in [5.74, 6) is -0.451. The van der Waals surface area contributed by atoms with Crippen molar-refractivity contribution < 1.29 is 22.0 Å². The SMILES string of the molecule is CC(Cc1ccco1)NC(=O)c1ccc(F)c(NS(C)(=O)=O)c1. The first-order valence-electron chi connectivity index (χ1n) is 6.85. The van der Waals surface area contributed by atoms with Gasteiger partial charge in [-0.1, -0.05) is 0 Å². The fourth-order valence-electron chi connectivity index (χ4n) is 2.03. The van der Waals surface area contributed by atoms with Crippen molar-refractivity contribution >= 4 is 21.6 Å². The Morgan fingerprint density at radius 3 is 2.70 bits per heavy atom. The van der Waals surface area contributed by atoms with Crippen molar-refractivity contribution in [3.05, 3.63) is 53.7 Å². The molecule has 2 rings (SSSR count). The van der Waals surface area contributed by atoms with E-state index in [1.165, 1.54) is 6.07 Å². The fourth-order valence-corrected chi connectivity index (χ4v) is 2.59. The van der Waals surface area contributed by atoms with Gasteiger partial charge >= 0.3 is 0 Å². The monoisotopic (exact) mass is 340 g/mol. The summed E-state index contributed by atoms with van der Waals surface area (Å²) in [7, 11) is -3.63. The fraction of sp³-hybridized carbons (Fsp3) is 0.267. The smallest absolute Gasteiger partial charge is 0.251 e. The van der Waals surface area contributed by atoms with Gasteiger partial charge in [-0.15, -0.1) is 0 Å². The summed E-state index contributed by atoms with van der Waals surface area (Å²) in [6.07, 6.45) is 2.96. The highest BCUT2D eigenvalue weighted by molar-refractivity contribution is 7.92. The van der Waals surface area contributed by atoms with Crippen LogP contribution in [0.3, 0.4) is 0 Å². The Morgan fingerprint density at radius 2 is 2.09 bits per heavy atom. The van der Waals surface area contributed by atoms with Crippen molar-refractivity contribution in [2.24, 2.45) is 0 Å². The van der Waals surface area contributed by atoms with Crippen LogP contribution in [0.5, 0.6) is 0 Å². The van der Waals surface area contributed by atoms with Gasteiger partial charge in [0.05, 0.1) is 18.2 Å². The molecular weight excluding hydrogens is 323 g/mol. The Kier molecular flexibility index (Phi) is 5.05. The van der Waals surface area contributed by atoms with Gasteiger partial charge in [-0.25, -0.2) is 12.8 Å². The van der Waals surface area contributed by atoms with E-state index in [-0.39, 0.29) is 17.3 Å². The minimum absolute atomic E-state index is 0.156. The molecule has 0 radical (unpaired) electrons. The minimum Gasteiger partial charge on any atom is -0.469 e. The van der Waals surface area contributed by atoms with Crippen molar-refractivity contribution in [1.82, 2.24) is 5.32 Å². The lowest BCUT2D eigenvalue weighted by Crippen LogP contribution is -2.34. The Morgan fingerprint density at radius 1 is 1.35 bits per heavy atom. The maximum atomic E-state index is 13.6. The van der Waals surface area contributed by atoms with Crippen LogP contribution in [0.15, 0.2) is 41.0 Å². The summed E-state index contributed by atoms with van der Waals surface area (Å²) in [5.41, 5.74) is -0.109. The van der Waals surface area contributed by atoms with E-state index in [9.17, 15) is 17.6 Å². The van der Waals surface area contributed by atoms with E-state index < -0.39 is 21.7 Å². The van der Waals surface area contributed by atoms with Crippen molar-refractivity contribution in [2.45, 2.75) is 19.4 Å². The molecule has 1 amide bonds. The van der Waals surface area contributed by atoms with Crippen molar-refractivity contribution in [1.29, 1.82) is 0 Å². The lowest BCUT2D eigenvalue weighted by Gasteiger charge is -2.13. The van der Waals surface area contributed by atoms with E-state index in [1.54, 1.807) is 25.3 Å². The van der Waals surface area contributed by atoms with Gasteiger partial charge in [0.2, 0.25) is 10.0 Å². The number of rotatable bonds is 6. The third-order valence-corrected chi connectivity index (χ3v) is 3.58. The van der Waals surface area contributed by atoms with E-state index >= 15 is 0 Å². The van der Waals surface area contributed by atoms with Crippen LogP contribution in [-0.4, -0.2) is 26.6 Å². The molecule has 1 aromatic carbocycles. The lowest BCUT2D eigenvalue weighted by molar-refractivity contribution is 0.0939. The number of furan rings is 1. The normalized spacial score (nSPS) is 12.7. The zero-order valence-electron chi connectivity index (χ0n) is 12.7. The van der Waals surface area contributed by atoms with E-state index in [0.717, 1.165) is 24.1 Å². The van der Waals surface area contributed by atoms with Gasteiger partial charge in [0.25, 0.3) is 5.91 Å². The molecule has 1 heterocycles. The van der Waals surface area contributed by atoms with Crippen molar-refractivity contribution in [3.8, 4) is 0 Å². The van der Waals surface area contributed by atoms with Gasteiger partial charge in [-0.3, -0.25) is 9.52 Å². The number of carbonyl (C=O) groups excluding carboxylic acids is 1. The molecular formula is C15H17FN2O4S. The summed E-state index contributed by atoms with van der Waals surface area (Å²) < 4.78 is 43.2. The van der Waals surface area contributed by atoms with Crippen molar-refractivity contribution in [3.63, 3.8) is 0 Å². The second-order valence-corrected chi connectivity index (χ2v) is 6.98. The minimum atomic E-state index is -3.63. The first kappa shape index (κ1) is 17.0. The van der Waals surface area contributed by atoms with Crippen LogP contribution in [0.2, 0.25) is 0 Å². The highest BCUT2D eigenvalue weighted by atomic mass is 32.2. The highest BCUT2D eigenvalue weighted by Crippen LogP contribution is 2.17. The van der Waals surface area contributed by atoms with E-state index in [4.69, 9.17) is 4.42 Å². The lowest BCUT2D eigenvalue weighted by atomic mass is 10.1. The van der Waals surface area contributed by atoms with Gasteiger partial charge in [-0.05, 0) is 37.3 Å². The molecule has 8 heteroatoms. The molecule has 2 N–H and O–H groups in total. The number of amides is 1. The zero-order chi connectivity index (χ0) is 17.0. The molecule has 1 unspecified atom stereocenters. The maximum Gasteiger partial charge on any atom is 0.251 e. The quantitative estimate of drug-likeness (QED) is 0.843. The molecule has 2 aromatic rings. The Hall–Kier alpha value is -2.35. The van der Waals surface area contributed by atoms with Gasteiger partial charge in [0, 0.05) is 18.0 Å². The van der Waals surface area contributed by atoms with Gasteiger partial charge in [0.15, 0.2) is 0 Å². The van der Waals surface area contributed by atoms with Crippen LogP contribution in [0, 0.1) is 5.82 Å². The second kappa shape index (κ2) is 6.82. The van der Waals surface area contributed by atoms with Gasteiger partial charge in [-0.2, -0.15) is 0 Å². The molecule has 124 valence electrons. The average Bonchev–Trinajstić information content (AvgIpc) is 2.92. The molecule has 1 aromatic heterocycles. The molecule has 0 saturated heterocycles. The van der Waals surface area contributed by atoms with Crippen LogP contribution in [0.4, 0.5) is 10.1 Å². The van der Waals surface area contributed by atoms with Crippen molar-refractivity contribution in [2.75, 3.05) is 11.0 Å². The number of carbonyl (C=O) groups is 1. The standard InChI is InChI=1S/C15H17FN2O4S/c1-10(8-12-4-3-7-22-12)17-15(19)11-5-6-13(16)14(9-11)18-23(2,20)21/h3-7,9-10,18H,8H2,1-2H3,(H,17,19). The molecule has 0 aliphatic carbocycles. The molecule has 0 spiro atoms. The molecule has 1 atom stereocenters. The number of sulfonamides is 1. The van der Waals surface area contributed by atoms with Crippen LogP contribution in [-0.2, 0) is 16.4 Å². The summed E-state index contributed by atoms with van der Waals surface area (Å²) in [5, 5.41) is 2.75. The Balaban J connectivity index is 2.08. The highest BCUT2D eigenvalue weighted by Gasteiger charge is 2.15. The summed E-state index contributed by atoms with van der Waals surface area (Å²) in [6.45, 7) is 1.81. The zero-order valence-corrected chi connectivity index (χ0v) is 13.5. The molecule has 0 fully saturated rings. The first-order chi connectivity index (χ1) is 10.7. The summed E-state index contributed by atoms with van der Waals surface area (Å²) in [6, 6.07) is 6.84. The number of hydrogen-bond acceptors (Lipinski definition) is 4. The molecule has 6 nitrogen and oxygen atoms in total. The summed E-state index contributed by atoms with van der Waals surface area (Å²) >= 11 is 0. The van der Waals surface area contributed by atoms with E-state index in [0.29, 0.717) is 6.42 Å². The average molecular weight is 340 g/mol. The largest absolute Gasteiger partial charge is 0.469 e. The molecule has 0 saturated carbocycles. The number of nitrogens with one attached hydrogen (secondary N) is 2. The van der Waals surface area contributed by atoms with Crippen LogP contribution >= 0.6 is 0 Å². The number of hydrogen-bond donors (Lipinski definition) is 2. The molecule has 0 aliphatic rings.